The normalized spacial score (nSPS) is 10.2. The van der Waals surface area contributed by atoms with Crippen molar-refractivity contribution in [2.24, 2.45) is 0 Å². The van der Waals surface area contributed by atoms with Crippen molar-refractivity contribution >= 4 is 23.1 Å². The molecule has 0 saturated heterocycles. The van der Waals surface area contributed by atoms with Crippen LogP contribution >= 0.6 is 11.3 Å². The van der Waals surface area contributed by atoms with Crippen molar-refractivity contribution in [2.45, 2.75) is 13.3 Å². The Bertz CT molecular complexity index is 740. The lowest BCUT2D eigenvalue weighted by atomic mass is 10.1. The summed E-state index contributed by atoms with van der Waals surface area (Å²) in [6.45, 7) is 1.64. The lowest BCUT2D eigenvalue weighted by Gasteiger charge is -2.13. The fourth-order valence-electron chi connectivity index (χ4n) is 2.26. The Labute approximate surface area is 150 Å². The fraction of sp³-hybridized carbons (Fsp3) is 0.333. The van der Waals surface area contributed by atoms with Gasteiger partial charge in [-0.3, -0.25) is 9.59 Å². The number of thiophene rings is 1. The second kappa shape index (κ2) is 8.53. The molecule has 1 aromatic heterocycles. The van der Waals surface area contributed by atoms with Gasteiger partial charge in [-0.15, -0.1) is 11.3 Å². The first-order valence-electron chi connectivity index (χ1n) is 7.52. The summed E-state index contributed by atoms with van der Waals surface area (Å²) in [7, 11) is 4.51. The fourth-order valence-corrected chi connectivity index (χ4v) is 3.05. The summed E-state index contributed by atoms with van der Waals surface area (Å²) < 4.78 is 20.8. The van der Waals surface area contributed by atoms with Crippen molar-refractivity contribution in [2.75, 3.05) is 27.9 Å². The van der Waals surface area contributed by atoms with Gasteiger partial charge in [-0.2, -0.15) is 0 Å². The number of Topliss-reactive ketones (excluding diaryl/α,β-unsaturated/α-hetero) is 1. The van der Waals surface area contributed by atoms with Crippen LogP contribution in [0.5, 0.6) is 17.2 Å². The van der Waals surface area contributed by atoms with E-state index in [0.717, 1.165) is 4.88 Å². The van der Waals surface area contributed by atoms with Crippen LogP contribution in [0.1, 0.15) is 20.1 Å². The zero-order valence-electron chi connectivity index (χ0n) is 14.6. The largest absolute Gasteiger partial charge is 0.493 e. The van der Waals surface area contributed by atoms with Crippen molar-refractivity contribution in [3.05, 3.63) is 39.6 Å². The van der Waals surface area contributed by atoms with Gasteiger partial charge in [0.15, 0.2) is 18.1 Å². The number of carbonyl (C=O) groups excluding carboxylic acids is 2. The summed E-state index contributed by atoms with van der Waals surface area (Å²) in [6, 6.07) is 6.94. The SMILES string of the molecule is COc1cc(CC(=O)OCC(=O)c2ccc(C)s2)cc(OC)c1OC. The minimum atomic E-state index is -0.504. The van der Waals surface area contributed by atoms with Gasteiger partial charge in [0, 0.05) is 4.88 Å². The van der Waals surface area contributed by atoms with Crippen LogP contribution in [0.2, 0.25) is 0 Å². The summed E-state index contributed by atoms with van der Waals surface area (Å²) >= 11 is 1.38. The molecular formula is C18H20O6S. The molecule has 0 spiro atoms. The molecule has 134 valence electrons. The van der Waals surface area contributed by atoms with Crippen LogP contribution in [0.25, 0.3) is 0 Å². The van der Waals surface area contributed by atoms with Crippen molar-refractivity contribution in [3.8, 4) is 17.2 Å². The molecule has 0 atom stereocenters. The Balaban J connectivity index is 2.01. The monoisotopic (exact) mass is 364 g/mol. The lowest BCUT2D eigenvalue weighted by Crippen LogP contribution is -2.15. The van der Waals surface area contributed by atoms with E-state index >= 15 is 0 Å². The van der Waals surface area contributed by atoms with Crippen LogP contribution in [0.15, 0.2) is 24.3 Å². The highest BCUT2D eigenvalue weighted by atomic mass is 32.1. The molecule has 1 aromatic carbocycles. The average Bonchev–Trinajstić information content (AvgIpc) is 3.05. The number of ketones is 1. The van der Waals surface area contributed by atoms with Crippen LogP contribution in [0.3, 0.4) is 0 Å². The molecule has 2 aromatic rings. The zero-order valence-corrected chi connectivity index (χ0v) is 15.4. The second-order valence-corrected chi connectivity index (χ2v) is 6.49. The molecule has 25 heavy (non-hydrogen) atoms. The summed E-state index contributed by atoms with van der Waals surface area (Å²) in [6.07, 6.45) is -0.00649. The Morgan fingerprint density at radius 3 is 2.12 bits per heavy atom. The Morgan fingerprint density at radius 2 is 1.64 bits per heavy atom. The highest BCUT2D eigenvalue weighted by Crippen LogP contribution is 2.38. The van der Waals surface area contributed by atoms with E-state index in [0.29, 0.717) is 27.7 Å². The number of ether oxygens (including phenoxy) is 4. The summed E-state index contributed by atoms with van der Waals surface area (Å²) in [5.41, 5.74) is 0.638. The molecule has 0 fully saturated rings. The summed E-state index contributed by atoms with van der Waals surface area (Å²) in [5, 5.41) is 0. The number of hydrogen-bond donors (Lipinski definition) is 0. The quantitative estimate of drug-likeness (QED) is 0.530. The maximum Gasteiger partial charge on any atom is 0.310 e. The minimum Gasteiger partial charge on any atom is -0.493 e. The maximum absolute atomic E-state index is 12.0. The van der Waals surface area contributed by atoms with Gasteiger partial charge in [-0.25, -0.2) is 0 Å². The predicted octanol–water partition coefficient (Wildman–Crippen LogP) is 3.05. The first-order chi connectivity index (χ1) is 12.0. The molecule has 7 heteroatoms. The lowest BCUT2D eigenvalue weighted by molar-refractivity contribution is -0.141. The van der Waals surface area contributed by atoms with Gasteiger partial charge in [0.25, 0.3) is 0 Å². The van der Waals surface area contributed by atoms with Crippen molar-refractivity contribution in [3.63, 3.8) is 0 Å². The summed E-state index contributed by atoms with van der Waals surface area (Å²) in [4.78, 5) is 25.6. The van der Waals surface area contributed by atoms with E-state index in [1.165, 1.54) is 32.7 Å². The van der Waals surface area contributed by atoms with E-state index < -0.39 is 5.97 Å². The molecule has 0 bridgehead atoms. The van der Waals surface area contributed by atoms with E-state index in [1.54, 1.807) is 18.2 Å². The highest BCUT2D eigenvalue weighted by Gasteiger charge is 2.16. The van der Waals surface area contributed by atoms with E-state index in [9.17, 15) is 9.59 Å². The molecule has 0 aliphatic heterocycles. The third kappa shape index (κ3) is 4.73. The molecule has 0 saturated carbocycles. The van der Waals surface area contributed by atoms with Crippen molar-refractivity contribution in [1.29, 1.82) is 0 Å². The second-order valence-electron chi connectivity index (χ2n) is 5.20. The molecule has 0 amide bonds. The van der Waals surface area contributed by atoms with Gasteiger partial charge in [0.2, 0.25) is 11.5 Å². The molecule has 0 unspecified atom stereocenters. The van der Waals surface area contributed by atoms with Gasteiger partial charge >= 0.3 is 5.97 Å². The third-order valence-electron chi connectivity index (χ3n) is 3.45. The Morgan fingerprint density at radius 1 is 1.00 bits per heavy atom. The van der Waals surface area contributed by atoms with Gasteiger partial charge in [-0.05, 0) is 36.8 Å². The van der Waals surface area contributed by atoms with Crippen molar-refractivity contribution < 1.29 is 28.5 Å². The van der Waals surface area contributed by atoms with Crippen molar-refractivity contribution in [1.82, 2.24) is 0 Å². The van der Waals surface area contributed by atoms with E-state index in [2.05, 4.69) is 0 Å². The van der Waals surface area contributed by atoms with Crippen LogP contribution in [-0.4, -0.2) is 39.7 Å². The minimum absolute atomic E-state index is 0.00649. The number of esters is 1. The number of carbonyl (C=O) groups is 2. The van der Waals surface area contributed by atoms with Crippen LogP contribution < -0.4 is 14.2 Å². The number of hydrogen-bond acceptors (Lipinski definition) is 7. The maximum atomic E-state index is 12.0. The topological polar surface area (TPSA) is 71.1 Å². The number of benzene rings is 1. The highest BCUT2D eigenvalue weighted by molar-refractivity contribution is 7.14. The Hall–Kier alpha value is -2.54. The molecule has 1 heterocycles. The van der Waals surface area contributed by atoms with Crippen LogP contribution in [0.4, 0.5) is 0 Å². The van der Waals surface area contributed by atoms with Gasteiger partial charge in [-0.1, -0.05) is 0 Å². The van der Waals surface area contributed by atoms with Crippen LogP contribution in [0, 0.1) is 6.92 Å². The zero-order chi connectivity index (χ0) is 18.4. The molecular weight excluding hydrogens is 344 g/mol. The first-order valence-corrected chi connectivity index (χ1v) is 8.34. The van der Waals surface area contributed by atoms with Gasteiger partial charge < -0.3 is 18.9 Å². The van der Waals surface area contributed by atoms with E-state index in [4.69, 9.17) is 18.9 Å². The number of aryl methyl sites for hydroxylation is 1. The smallest absolute Gasteiger partial charge is 0.310 e. The molecule has 0 radical (unpaired) electrons. The standard InChI is InChI=1S/C18H20O6S/c1-11-5-6-16(25-11)13(19)10-24-17(20)9-12-7-14(21-2)18(23-4)15(8-12)22-3/h5-8H,9-10H2,1-4H3. The van der Waals surface area contributed by atoms with Crippen LogP contribution in [-0.2, 0) is 16.0 Å². The number of rotatable bonds is 8. The van der Waals surface area contributed by atoms with Gasteiger partial charge in [0.05, 0.1) is 32.6 Å². The number of methoxy groups -OCH3 is 3. The molecule has 6 nitrogen and oxygen atoms in total. The third-order valence-corrected chi connectivity index (χ3v) is 4.49. The molecule has 0 aliphatic rings. The molecule has 2 rings (SSSR count). The van der Waals surface area contributed by atoms with E-state index in [-0.39, 0.29) is 18.8 Å². The molecule has 0 aliphatic carbocycles. The molecule has 0 N–H and O–H groups in total. The first kappa shape index (κ1) is 18.8. The van der Waals surface area contributed by atoms with Gasteiger partial charge in [0.1, 0.15) is 0 Å². The average molecular weight is 364 g/mol. The predicted molar refractivity (Wildman–Crippen MR) is 94.1 cm³/mol. The Kier molecular flexibility index (Phi) is 6.41. The van der Waals surface area contributed by atoms with E-state index in [1.807, 2.05) is 13.0 Å². The summed E-state index contributed by atoms with van der Waals surface area (Å²) in [5.74, 6) is 0.641.